The van der Waals surface area contributed by atoms with Crippen LogP contribution in [0.15, 0.2) is 24.3 Å². The quantitative estimate of drug-likeness (QED) is 0.0376. The number of esters is 2. The Hall–Kier alpha value is -2.66. The van der Waals surface area contributed by atoms with E-state index >= 15 is 0 Å². The van der Waals surface area contributed by atoms with Gasteiger partial charge in [-0.2, -0.15) is 0 Å². The van der Waals surface area contributed by atoms with Gasteiger partial charge < -0.3 is 143 Å². The molecule has 0 radical (unpaired) electrons. The fraction of sp³-hybridized carbons (Fsp3) is 0.898. The van der Waals surface area contributed by atoms with Crippen LogP contribution >= 0.6 is 0 Å². The maximum absolute atomic E-state index is 13.3. The summed E-state index contributed by atoms with van der Waals surface area (Å²) < 4.78 is 77.6. The van der Waals surface area contributed by atoms with Crippen LogP contribution in [0, 0.1) is 23.7 Å². The van der Waals surface area contributed by atoms with Gasteiger partial charge in [-0.3, -0.25) is 0 Å². The van der Waals surface area contributed by atoms with E-state index in [9.17, 15) is 91.3 Å². The largest absolute Gasteiger partial charge is 0.460 e. The number of aliphatic hydroxyl groups excluding tert-OH is 16. The molecule has 9 rings (SSSR count). The molecule has 90 heavy (non-hydrogen) atoms. The molecule has 5 saturated heterocycles. The van der Waals surface area contributed by atoms with Gasteiger partial charge in [-0.1, -0.05) is 12.2 Å². The number of methoxy groups -OCH3 is 2. The van der Waals surface area contributed by atoms with Gasteiger partial charge in [0.1, 0.15) is 111 Å². The third-order valence-corrected chi connectivity index (χ3v) is 19.5. The second-order valence-corrected chi connectivity index (χ2v) is 25.5. The van der Waals surface area contributed by atoms with Crippen LogP contribution in [-0.2, 0) is 71.2 Å². The first-order valence-corrected chi connectivity index (χ1v) is 31.4. The molecule has 0 aromatic rings. The number of ether oxygens (including phenoxy) is 13. The minimum atomic E-state index is -2.06. The van der Waals surface area contributed by atoms with Crippen LogP contribution in [0.2, 0.25) is 0 Å². The molecule has 9 aliphatic rings. The number of rotatable bonds is 21. The molecule has 0 amide bonds. The third-order valence-electron chi connectivity index (χ3n) is 19.5. The molecule has 4 saturated carbocycles. The van der Waals surface area contributed by atoms with Crippen LogP contribution < -0.4 is 0 Å². The number of hydrogen-bond donors (Lipinski definition) is 16. The van der Waals surface area contributed by atoms with Gasteiger partial charge in [0.15, 0.2) is 25.2 Å². The summed E-state index contributed by atoms with van der Waals surface area (Å²) in [5.41, 5.74) is 0. The van der Waals surface area contributed by atoms with Gasteiger partial charge in [-0.05, 0) is 94.8 Å². The van der Waals surface area contributed by atoms with Gasteiger partial charge in [0, 0.05) is 38.7 Å². The molecule has 5 aliphatic heterocycles. The summed E-state index contributed by atoms with van der Waals surface area (Å²) >= 11 is 0. The monoisotopic (exact) mass is 1300 g/mol. The number of aliphatic hydroxyl groups is 16. The van der Waals surface area contributed by atoms with Crippen LogP contribution in [0.4, 0.5) is 0 Å². The number of carbonyl (C=O) groups excluding carboxylic acids is 2. The van der Waals surface area contributed by atoms with Crippen molar-refractivity contribution < 1.29 is 153 Å². The minimum absolute atomic E-state index is 0.0216. The molecule has 31 heteroatoms. The second-order valence-electron chi connectivity index (χ2n) is 25.5. The third kappa shape index (κ3) is 16.9. The second kappa shape index (κ2) is 32.4. The minimum Gasteiger partial charge on any atom is -0.460 e. The Kier molecular flexibility index (Phi) is 25.8. The normalized spacial score (nSPS) is 48.9. The van der Waals surface area contributed by atoms with E-state index in [4.69, 9.17) is 61.6 Å². The highest BCUT2D eigenvalue weighted by atomic mass is 16.8. The summed E-state index contributed by atoms with van der Waals surface area (Å²) in [6.07, 6.45) is -34.0. The van der Waals surface area contributed by atoms with Crippen molar-refractivity contribution >= 4 is 11.9 Å². The zero-order chi connectivity index (χ0) is 64.8. The highest BCUT2D eigenvalue weighted by molar-refractivity contribution is 5.82. The van der Waals surface area contributed by atoms with Crippen molar-refractivity contribution in [2.24, 2.45) is 23.7 Å². The Morgan fingerprint density at radius 1 is 0.411 bits per heavy atom. The van der Waals surface area contributed by atoms with Gasteiger partial charge in [-0.15, -0.1) is 0 Å². The van der Waals surface area contributed by atoms with E-state index in [1.807, 2.05) is 0 Å². The van der Waals surface area contributed by atoms with Crippen molar-refractivity contribution in [2.45, 2.75) is 267 Å². The molecule has 32 atom stereocenters. The number of carbonyl (C=O) groups is 2. The Bertz CT molecular complexity index is 2290. The Balaban J connectivity index is 0.948. The SMILES string of the molecule is COC1CC(C=CC(=O)OC[C@H]2O[C@@H](O[C@H]3[C@H](OC4CC5C(CC(O)CC5O[C@@H]5O[C@H](CO)[C@@H](O[C@@H]6O[C@H](CO)[C@@H](O)[C@H](O)[C@H]6O)[C@H](O)[C@H]5O)OC4C4CCC(O)CC4)O[C@H](COC(=O)C=CC4CCC(O)C(OC)C4)[C@@H](O)[C@@H]3O)[C@H](O)[C@@H](O)[C@@H]2O)CCC1O. The van der Waals surface area contributed by atoms with E-state index in [2.05, 4.69) is 0 Å². The highest BCUT2D eigenvalue weighted by Crippen LogP contribution is 2.46. The predicted molar refractivity (Wildman–Crippen MR) is 297 cm³/mol. The molecule has 4 aliphatic carbocycles. The summed E-state index contributed by atoms with van der Waals surface area (Å²) in [6.45, 7) is -3.03. The zero-order valence-electron chi connectivity index (χ0n) is 50.2. The van der Waals surface area contributed by atoms with Crippen molar-refractivity contribution in [3.63, 3.8) is 0 Å². The first-order valence-electron chi connectivity index (χ1n) is 31.4. The van der Waals surface area contributed by atoms with Crippen molar-refractivity contribution in [3.8, 4) is 0 Å². The number of fused-ring (bicyclic) bond motifs is 1. The molecule has 0 bridgehead atoms. The molecule has 16 N–H and O–H groups in total. The van der Waals surface area contributed by atoms with Gasteiger partial charge in [0.25, 0.3) is 0 Å². The number of allylic oxidation sites excluding steroid dienone is 2. The lowest BCUT2D eigenvalue weighted by atomic mass is 9.72. The van der Waals surface area contributed by atoms with Crippen LogP contribution in [-0.4, -0.2) is 318 Å². The van der Waals surface area contributed by atoms with E-state index in [0.29, 0.717) is 64.2 Å². The maximum Gasteiger partial charge on any atom is 0.330 e. The van der Waals surface area contributed by atoms with E-state index in [0.717, 1.165) is 0 Å². The Morgan fingerprint density at radius 3 is 1.41 bits per heavy atom. The van der Waals surface area contributed by atoms with Gasteiger partial charge in [0.2, 0.25) is 0 Å². The molecule has 516 valence electrons. The van der Waals surface area contributed by atoms with Crippen molar-refractivity contribution in [1.29, 1.82) is 0 Å². The first-order chi connectivity index (χ1) is 43.0. The van der Waals surface area contributed by atoms with Gasteiger partial charge in [0.05, 0.1) is 74.3 Å². The van der Waals surface area contributed by atoms with Crippen molar-refractivity contribution in [1.82, 2.24) is 0 Å². The van der Waals surface area contributed by atoms with Gasteiger partial charge >= 0.3 is 11.9 Å². The molecule has 9 fully saturated rings. The summed E-state index contributed by atoms with van der Waals surface area (Å²) in [5, 5.41) is 175. The molecule has 31 nitrogen and oxygen atoms in total. The first kappa shape index (κ1) is 71.6. The van der Waals surface area contributed by atoms with E-state index < -0.39 is 228 Å². The maximum atomic E-state index is 13.3. The van der Waals surface area contributed by atoms with Crippen molar-refractivity contribution in [2.75, 3.05) is 40.6 Å². The van der Waals surface area contributed by atoms with Gasteiger partial charge in [-0.25, -0.2) is 9.59 Å². The predicted octanol–water partition coefficient (Wildman–Crippen LogP) is -5.95. The van der Waals surface area contributed by atoms with Crippen LogP contribution in [0.1, 0.15) is 83.5 Å². The fourth-order valence-corrected chi connectivity index (χ4v) is 14.1. The molecule has 12 unspecified atom stereocenters. The van der Waals surface area contributed by atoms with Crippen LogP contribution in [0.3, 0.4) is 0 Å². The lowest BCUT2D eigenvalue weighted by Gasteiger charge is -2.53. The standard InChI is InChI=1S/C59H94O31/c1-78-34-15-24(3-11-30(34)64)5-13-41(66)80-22-39-44(69)47(72)51(76)58(87-39)90-55-48(73)45(70)40(23-81-42(67)14-6-25-4-12-31(65)35(16-25)79-2)88-59(55)84-36-19-29-32(82-53(36)26-7-9-27(62)10-8-26)17-28(63)18-33(29)83-56-52(77)49(74)54(38(21-61)86-56)89-57-50(75)46(71)43(68)37(20-60)85-57/h5-6,13-14,24-40,43-65,68-77H,3-4,7-12,15-23H2,1-2H3/t24?,25?,26?,27?,28?,29?,30?,31?,32?,33?,34?,35?,36?,37-,38-,39-,40-,43-,44-,45-,46+,47+,48+,49-,50-,51-,52-,53?,54-,55-,56-,57+,58+,59-/m1/s1. The summed E-state index contributed by atoms with van der Waals surface area (Å²) in [5.74, 6) is -3.07. The van der Waals surface area contributed by atoms with Crippen molar-refractivity contribution in [3.05, 3.63) is 24.3 Å². The molecule has 0 aromatic carbocycles. The van der Waals surface area contributed by atoms with E-state index in [1.165, 1.54) is 26.4 Å². The van der Waals surface area contributed by atoms with Crippen LogP contribution in [0.5, 0.6) is 0 Å². The van der Waals surface area contributed by atoms with E-state index in [1.54, 1.807) is 12.2 Å². The average Bonchev–Trinajstić information content (AvgIpc) is 0.786. The fourth-order valence-electron chi connectivity index (χ4n) is 14.1. The Morgan fingerprint density at radius 2 is 0.867 bits per heavy atom. The topological polar surface area (TPSA) is 478 Å². The molecule has 5 heterocycles. The van der Waals surface area contributed by atoms with Crippen LogP contribution in [0.25, 0.3) is 0 Å². The molecular formula is C59H94O31. The molecular weight excluding hydrogens is 1200 g/mol. The summed E-state index contributed by atoms with van der Waals surface area (Å²) in [6, 6.07) is 0. The summed E-state index contributed by atoms with van der Waals surface area (Å²) in [4.78, 5) is 26.3. The molecule has 0 spiro atoms. The zero-order valence-corrected chi connectivity index (χ0v) is 50.2. The van der Waals surface area contributed by atoms with E-state index in [-0.39, 0.29) is 37.0 Å². The highest BCUT2D eigenvalue weighted by Gasteiger charge is 2.57. The summed E-state index contributed by atoms with van der Waals surface area (Å²) in [7, 11) is 2.95. The Labute approximate surface area is 519 Å². The lowest BCUT2D eigenvalue weighted by molar-refractivity contribution is -0.381. The molecule has 0 aromatic heterocycles. The number of hydrogen-bond acceptors (Lipinski definition) is 31. The average molecular weight is 1300 g/mol. The lowest BCUT2D eigenvalue weighted by Crippen LogP contribution is -2.66. The smallest absolute Gasteiger partial charge is 0.330 e.